The second-order valence-corrected chi connectivity index (χ2v) is 5.21. The number of aromatic nitrogens is 4. The van der Waals surface area contributed by atoms with Crippen LogP contribution in [0.1, 0.15) is 16.7 Å². The van der Waals surface area contributed by atoms with Crippen molar-refractivity contribution in [2.24, 2.45) is 0 Å². The van der Waals surface area contributed by atoms with Crippen LogP contribution in [-0.2, 0) is 0 Å². The monoisotopic (exact) mass is 287 g/mol. The van der Waals surface area contributed by atoms with Crippen molar-refractivity contribution in [3.05, 3.63) is 46.4 Å². The van der Waals surface area contributed by atoms with E-state index in [9.17, 15) is 0 Å². The van der Waals surface area contributed by atoms with Crippen LogP contribution < -0.4 is 5.32 Å². The zero-order chi connectivity index (χ0) is 14.3. The van der Waals surface area contributed by atoms with Crippen molar-refractivity contribution in [1.82, 2.24) is 19.6 Å². The summed E-state index contributed by atoms with van der Waals surface area (Å²) >= 11 is 6.15. The minimum absolute atomic E-state index is 0.428. The van der Waals surface area contributed by atoms with Crippen LogP contribution in [0.5, 0.6) is 0 Å². The Morgan fingerprint density at radius 1 is 1.10 bits per heavy atom. The average molecular weight is 288 g/mol. The van der Waals surface area contributed by atoms with Gasteiger partial charge in [0.1, 0.15) is 17.3 Å². The number of benzene rings is 1. The average Bonchev–Trinajstić information content (AvgIpc) is 2.81. The van der Waals surface area contributed by atoms with E-state index in [1.165, 1.54) is 17.5 Å². The van der Waals surface area contributed by atoms with Crippen LogP contribution in [0.4, 0.5) is 11.5 Å². The molecule has 0 radical (unpaired) electrons. The lowest BCUT2D eigenvalue weighted by Gasteiger charge is -2.13. The van der Waals surface area contributed by atoms with Gasteiger partial charge in [0.05, 0.1) is 0 Å². The molecule has 0 bridgehead atoms. The van der Waals surface area contributed by atoms with Crippen LogP contribution in [0.3, 0.4) is 0 Å². The first-order chi connectivity index (χ1) is 9.54. The number of hydrogen-bond donors (Lipinski definition) is 1. The zero-order valence-electron chi connectivity index (χ0n) is 11.5. The molecule has 3 aromatic rings. The van der Waals surface area contributed by atoms with Gasteiger partial charge in [0, 0.05) is 11.3 Å². The largest absolute Gasteiger partial charge is 0.340 e. The molecule has 0 spiro atoms. The minimum Gasteiger partial charge on any atom is -0.340 e. The fourth-order valence-corrected chi connectivity index (χ4v) is 2.39. The van der Waals surface area contributed by atoms with Crippen LogP contribution in [0.15, 0.2) is 24.5 Å². The maximum absolute atomic E-state index is 6.15. The van der Waals surface area contributed by atoms with E-state index in [0.717, 1.165) is 17.1 Å². The molecule has 0 amide bonds. The van der Waals surface area contributed by atoms with Crippen LogP contribution in [0.25, 0.3) is 5.78 Å². The van der Waals surface area contributed by atoms with E-state index in [2.05, 4.69) is 52.4 Å². The summed E-state index contributed by atoms with van der Waals surface area (Å²) in [5.41, 5.74) is 4.22. The van der Waals surface area contributed by atoms with Crippen LogP contribution >= 0.6 is 11.6 Å². The van der Waals surface area contributed by atoms with Crippen LogP contribution in [-0.4, -0.2) is 19.6 Å². The molecular weight excluding hydrogens is 274 g/mol. The highest BCUT2D eigenvalue weighted by Gasteiger charge is 2.12. The molecule has 2 aromatic heterocycles. The number of nitrogens with one attached hydrogen (secondary N) is 1. The maximum Gasteiger partial charge on any atom is 0.255 e. The lowest BCUT2D eigenvalue weighted by atomic mass is 10.1. The number of hydrogen-bond acceptors (Lipinski definition) is 4. The van der Waals surface area contributed by atoms with E-state index in [-0.39, 0.29) is 0 Å². The van der Waals surface area contributed by atoms with E-state index in [0.29, 0.717) is 10.9 Å². The van der Waals surface area contributed by atoms with Crippen molar-refractivity contribution in [2.45, 2.75) is 20.8 Å². The topological polar surface area (TPSA) is 55.1 Å². The molecule has 1 N–H and O–H groups in total. The van der Waals surface area contributed by atoms with E-state index in [1.807, 2.05) is 6.92 Å². The maximum atomic E-state index is 6.15. The second-order valence-electron chi connectivity index (χ2n) is 4.85. The van der Waals surface area contributed by atoms with E-state index in [1.54, 1.807) is 4.52 Å². The van der Waals surface area contributed by atoms with Gasteiger partial charge < -0.3 is 5.32 Å². The molecule has 5 nitrogen and oxygen atoms in total. The van der Waals surface area contributed by atoms with Gasteiger partial charge in [-0.1, -0.05) is 17.7 Å². The second kappa shape index (κ2) is 4.76. The fourth-order valence-electron chi connectivity index (χ4n) is 2.23. The summed E-state index contributed by atoms with van der Waals surface area (Å²) in [7, 11) is 0. The van der Waals surface area contributed by atoms with Gasteiger partial charge >= 0.3 is 0 Å². The van der Waals surface area contributed by atoms with Crippen molar-refractivity contribution in [3.63, 3.8) is 0 Å². The number of nitrogens with zero attached hydrogens (tertiary/aromatic N) is 4. The summed E-state index contributed by atoms with van der Waals surface area (Å²) in [4.78, 5) is 8.26. The quantitative estimate of drug-likeness (QED) is 0.734. The summed E-state index contributed by atoms with van der Waals surface area (Å²) in [5.74, 6) is 1.26. The van der Waals surface area contributed by atoms with E-state index in [4.69, 9.17) is 11.6 Å². The molecule has 1 aromatic carbocycles. The fraction of sp³-hybridized carbons (Fsp3) is 0.214. The summed E-state index contributed by atoms with van der Waals surface area (Å²) in [5, 5.41) is 7.97. The molecule has 6 heteroatoms. The first kappa shape index (κ1) is 12.9. The molecule has 0 aliphatic heterocycles. The molecule has 0 fully saturated rings. The lowest BCUT2D eigenvalue weighted by Crippen LogP contribution is -2.05. The van der Waals surface area contributed by atoms with Crippen molar-refractivity contribution in [3.8, 4) is 0 Å². The Balaban J connectivity index is 2.14. The van der Waals surface area contributed by atoms with Crippen LogP contribution in [0, 0.1) is 20.8 Å². The molecule has 0 unspecified atom stereocenters. The van der Waals surface area contributed by atoms with Gasteiger partial charge in [0.2, 0.25) is 0 Å². The Morgan fingerprint density at radius 2 is 1.80 bits per heavy atom. The van der Waals surface area contributed by atoms with Crippen molar-refractivity contribution in [2.75, 3.05) is 5.32 Å². The highest BCUT2D eigenvalue weighted by atomic mass is 35.5. The highest BCUT2D eigenvalue weighted by molar-refractivity contribution is 6.30. The first-order valence-corrected chi connectivity index (χ1v) is 6.63. The van der Waals surface area contributed by atoms with Gasteiger partial charge in [0.25, 0.3) is 5.78 Å². The third-order valence-corrected chi connectivity index (χ3v) is 3.46. The predicted octanol–water partition coefficient (Wildman–Crippen LogP) is 3.45. The number of aryl methyl sites for hydroxylation is 2. The van der Waals surface area contributed by atoms with Gasteiger partial charge in [-0.2, -0.15) is 19.6 Å². The smallest absolute Gasteiger partial charge is 0.255 e. The minimum atomic E-state index is 0.428. The third kappa shape index (κ3) is 2.20. The van der Waals surface area contributed by atoms with Crippen molar-refractivity contribution >= 4 is 28.9 Å². The Hall–Kier alpha value is -2.14. The summed E-state index contributed by atoms with van der Waals surface area (Å²) in [6, 6.07) is 6.27. The molecule has 102 valence electrons. The standard InChI is InChI=1S/C14H14ClN5/c1-8-4-9(2)6-11(5-8)18-13-10(3)12(15)19-14-16-7-17-20(13)14/h4-7,18H,1-3H3. The molecular formula is C14H14ClN5. The van der Waals surface area contributed by atoms with Crippen LogP contribution in [0.2, 0.25) is 5.15 Å². The molecule has 3 rings (SSSR count). The summed E-state index contributed by atoms with van der Waals surface area (Å²) in [6.07, 6.45) is 1.46. The Morgan fingerprint density at radius 3 is 2.50 bits per heavy atom. The Bertz CT molecular complexity index is 773. The van der Waals surface area contributed by atoms with Gasteiger partial charge in [-0.3, -0.25) is 0 Å². The molecule has 2 heterocycles. The molecule has 0 aliphatic carbocycles. The molecule has 0 saturated heterocycles. The van der Waals surface area contributed by atoms with Gasteiger partial charge in [-0.15, -0.1) is 0 Å². The summed E-state index contributed by atoms with van der Waals surface area (Å²) < 4.78 is 1.65. The van der Waals surface area contributed by atoms with Gasteiger partial charge in [0.15, 0.2) is 0 Å². The highest BCUT2D eigenvalue weighted by Crippen LogP contribution is 2.26. The van der Waals surface area contributed by atoms with Crippen molar-refractivity contribution in [1.29, 1.82) is 0 Å². The molecule has 0 atom stereocenters. The van der Waals surface area contributed by atoms with E-state index >= 15 is 0 Å². The summed E-state index contributed by atoms with van der Waals surface area (Å²) in [6.45, 7) is 6.03. The number of halogens is 1. The Labute approximate surface area is 121 Å². The normalized spacial score (nSPS) is 11.0. The van der Waals surface area contributed by atoms with Gasteiger partial charge in [-0.05, 0) is 44.0 Å². The Kier molecular flexibility index (Phi) is 3.06. The van der Waals surface area contributed by atoms with E-state index < -0.39 is 0 Å². The molecule has 0 aliphatic rings. The molecule has 0 saturated carbocycles. The van der Waals surface area contributed by atoms with Crippen molar-refractivity contribution < 1.29 is 0 Å². The van der Waals surface area contributed by atoms with Gasteiger partial charge in [-0.25, -0.2) is 0 Å². The SMILES string of the molecule is Cc1cc(C)cc(Nc2c(C)c(Cl)nc3ncnn23)c1. The third-order valence-electron chi connectivity index (χ3n) is 3.09. The number of fused-ring (bicyclic) bond motifs is 1. The predicted molar refractivity (Wildman–Crippen MR) is 79.7 cm³/mol. The number of anilines is 2. The molecule has 20 heavy (non-hydrogen) atoms. The lowest BCUT2D eigenvalue weighted by molar-refractivity contribution is 0.936. The number of rotatable bonds is 2. The zero-order valence-corrected chi connectivity index (χ0v) is 12.2. The first-order valence-electron chi connectivity index (χ1n) is 6.26.